The summed E-state index contributed by atoms with van der Waals surface area (Å²) >= 11 is 0. The molecule has 0 bridgehead atoms. The fourth-order valence-electron chi connectivity index (χ4n) is 4.16. The maximum absolute atomic E-state index is 13.3. The summed E-state index contributed by atoms with van der Waals surface area (Å²) in [5.41, 5.74) is 4.05. The van der Waals surface area contributed by atoms with Crippen molar-refractivity contribution in [2.45, 2.75) is 24.7 Å². The molecule has 0 spiro atoms. The monoisotopic (exact) mass is 434 g/mol. The fraction of sp³-hybridized carbons (Fsp3) is 0.240. The Morgan fingerprint density at radius 2 is 1.94 bits per heavy atom. The number of ether oxygens (including phenoxy) is 1. The van der Waals surface area contributed by atoms with Gasteiger partial charge in [-0.15, -0.1) is 0 Å². The van der Waals surface area contributed by atoms with Gasteiger partial charge in [0.25, 0.3) is 0 Å². The van der Waals surface area contributed by atoms with Crippen molar-refractivity contribution in [3.05, 3.63) is 83.7 Å². The van der Waals surface area contributed by atoms with Gasteiger partial charge in [0.1, 0.15) is 30.0 Å². The molecule has 0 aliphatic heterocycles. The number of benzene rings is 3. The fourth-order valence-corrected chi connectivity index (χ4v) is 4.16. The van der Waals surface area contributed by atoms with E-state index >= 15 is 0 Å². The Bertz CT molecular complexity index is 1220. The van der Waals surface area contributed by atoms with Crippen molar-refractivity contribution < 1.29 is 23.9 Å². The van der Waals surface area contributed by atoms with E-state index in [9.17, 15) is 14.6 Å². The molecule has 3 aromatic carbocycles. The molecule has 5 rings (SSSR count). The molecule has 0 fully saturated rings. The molecule has 1 heterocycles. The molecule has 0 unspecified atom stereocenters. The molecule has 32 heavy (non-hydrogen) atoms. The Hall–Kier alpha value is -3.26. The standard InChI is InChI=1S/C25H23FN2O4/c26-17-7-10-21-23(12-17)32-28-24(21)15-5-8-19(9-6-15)31-14-18(29)13-27-25-20-4-2-1-3-16(20)11-22(25)30/h1-10,12,18,22,25,27,29-30H,11,13-14H2/t18-,22+,25+/m1/s1. The third-order valence-corrected chi connectivity index (χ3v) is 5.78. The SMILES string of the molecule is O[C@H](CN[C@H]1c2ccccc2C[C@@H]1O)COc1ccc(-c2noc3cc(F)ccc23)cc1. The summed E-state index contributed by atoms with van der Waals surface area (Å²) in [5.74, 6) is 0.238. The Morgan fingerprint density at radius 3 is 2.78 bits per heavy atom. The van der Waals surface area contributed by atoms with Gasteiger partial charge in [0, 0.05) is 30.0 Å². The van der Waals surface area contributed by atoms with E-state index in [1.165, 1.54) is 12.1 Å². The van der Waals surface area contributed by atoms with Crippen molar-refractivity contribution in [3.8, 4) is 17.0 Å². The van der Waals surface area contributed by atoms with Crippen LogP contribution in [0.5, 0.6) is 5.75 Å². The van der Waals surface area contributed by atoms with Gasteiger partial charge in [-0.25, -0.2) is 4.39 Å². The van der Waals surface area contributed by atoms with Gasteiger partial charge in [-0.05, 0) is 47.5 Å². The molecule has 0 saturated carbocycles. The molecule has 4 aromatic rings. The van der Waals surface area contributed by atoms with Crippen LogP contribution in [0.2, 0.25) is 0 Å². The van der Waals surface area contributed by atoms with Crippen LogP contribution < -0.4 is 10.1 Å². The number of aliphatic hydroxyl groups excluding tert-OH is 2. The molecular formula is C25H23FN2O4. The summed E-state index contributed by atoms with van der Waals surface area (Å²) in [6.45, 7) is 0.415. The third-order valence-electron chi connectivity index (χ3n) is 5.78. The van der Waals surface area contributed by atoms with E-state index < -0.39 is 12.2 Å². The molecule has 1 aromatic heterocycles. The predicted octanol–water partition coefficient (Wildman–Crippen LogP) is 3.62. The van der Waals surface area contributed by atoms with Crippen molar-refractivity contribution in [2.75, 3.05) is 13.2 Å². The number of hydrogen-bond donors (Lipinski definition) is 3. The van der Waals surface area contributed by atoms with E-state index in [1.54, 1.807) is 18.2 Å². The van der Waals surface area contributed by atoms with Crippen molar-refractivity contribution in [1.82, 2.24) is 10.5 Å². The highest BCUT2D eigenvalue weighted by Crippen LogP contribution is 2.31. The number of nitrogens with zero attached hydrogens (tertiary/aromatic N) is 1. The number of fused-ring (bicyclic) bond motifs is 2. The van der Waals surface area contributed by atoms with Gasteiger partial charge < -0.3 is 24.8 Å². The van der Waals surface area contributed by atoms with Gasteiger partial charge in [0.2, 0.25) is 0 Å². The predicted molar refractivity (Wildman–Crippen MR) is 118 cm³/mol. The normalized spacial score (nSPS) is 18.6. The number of hydrogen-bond acceptors (Lipinski definition) is 6. The number of rotatable bonds is 7. The van der Waals surface area contributed by atoms with E-state index in [0.29, 0.717) is 30.0 Å². The summed E-state index contributed by atoms with van der Waals surface area (Å²) < 4.78 is 24.3. The van der Waals surface area contributed by atoms with Gasteiger partial charge in [-0.2, -0.15) is 0 Å². The molecular weight excluding hydrogens is 411 g/mol. The summed E-state index contributed by atoms with van der Waals surface area (Å²) in [5, 5.41) is 28.7. The molecule has 1 aliphatic carbocycles. The molecule has 3 atom stereocenters. The average molecular weight is 434 g/mol. The van der Waals surface area contributed by atoms with E-state index in [2.05, 4.69) is 10.5 Å². The Balaban J connectivity index is 1.17. The van der Waals surface area contributed by atoms with E-state index in [1.807, 2.05) is 36.4 Å². The Morgan fingerprint density at radius 1 is 1.12 bits per heavy atom. The van der Waals surface area contributed by atoms with Crippen LogP contribution in [0.15, 0.2) is 71.3 Å². The van der Waals surface area contributed by atoms with Gasteiger partial charge in [-0.3, -0.25) is 0 Å². The topological polar surface area (TPSA) is 87.8 Å². The van der Waals surface area contributed by atoms with Crippen molar-refractivity contribution in [1.29, 1.82) is 0 Å². The smallest absolute Gasteiger partial charge is 0.170 e. The number of aliphatic hydroxyl groups is 2. The van der Waals surface area contributed by atoms with Crippen LogP contribution in [-0.2, 0) is 6.42 Å². The number of halogens is 1. The first-order valence-electron chi connectivity index (χ1n) is 10.5. The van der Waals surface area contributed by atoms with Crippen molar-refractivity contribution in [2.24, 2.45) is 0 Å². The highest BCUT2D eigenvalue weighted by atomic mass is 19.1. The third kappa shape index (κ3) is 4.10. The molecule has 3 N–H and O–H groups in total. The quantitative estimate of drug-likeness (QED) is 0.412. The van der Waals surface area contributed by atoms with E-state index in [-0.39, 0.29) is 18.5 Å². The van der Waals surface area contributed by atoms with Gasteiger partial charge in [0.05, 0.1) is 12.1 Å². The average Bonchev–Trinajstić information content (AvgIpc) is 3.36. The molecule has 1 aliphatic rings. The van der Waals surface area contributed by atoms with Crippen molar-refractivity contribution >= 4 is 11.0 Å². The minimum absolute atomic E-state index is 0.114. The van der Waals surface area contributed by atoms with Crippen LogP contribution >= 0.6 is 0 Å². The molecule has 7 heteroatoms. The summed E-state index contributed by atoms with van der Waals surface area (Å²) in [6, 6.07) is 19.3. The lowest BCUT2D eigenvalue weighted by molar-refractivity contribution is 0.0890. The highest BCUT2D eigenvalue weighted by molar-refractivity contribution is 5.91. The van der Waals surface area contributed by atoms with Gasteiger partial charge >= 0.3 is 0 Å². The van der Waals surface area contributed by atoms with Crippen LogP contribution in [0.1, 0.15) is 17.2 Å². The maximum Gasteiger partial charge on any atom is 0.170 e. The van der Waals surface area contributed by atoms with Crippen LogP contribution in [0.25, 0.3) is 22.2 Å². The number of aromatic nitrogens is 1. The summed E-state index contributed by atoms with van der Waals surface area (Å²) in [4.78, 5) is 0. The number of nitrogens with one attached hydrogen (secondary N) is 1. The molecule has 164 valence electrons. The first-order valence-corrected chi connectivity index (χ1v) is 10.5. The van der Waals surface area contributed by atoms with Gasteiger partial charge in [0.15, 0.2) is 5.58 Å². The van der Waals surface area contributed by atoms with E-state index in [4.69, 9.17) is 9.26 Å². The summed E-state index contributed by atoms with van der Waals surface area (Å²) in [7, 11) is 0. The minimum atomic E-state index is -0.732. The zero-order valence-corrected chi connectivity index (χ0v) is 17.2. The summed E-state index contributed by atoms with van der Waals surface area (Å²) in [6.07, 6.45) is -0.621. The second-order valence-electron chi connectivity index (χ2n) is 8.02. The largest absolute Gasteiger partial charge is 0.491 e. The molecule has 0 saturated heterocycles. The van der Waals surface area contributed by atoms with Crippen LogP contribution in [0.4, 0.5) is 4.39 Å². The Labute approximate surface area is 184 Å². The van der Waals surface area contributed by atoms with Crippen molar-refractivity contribution in [3.63, 3.8) is 0 Å². The lowest BCUT2D eigenvalue weighted by Gasteiger charge is -2.20. The highest BCUT2D eigenvalue weighted by Gasteiger charge is 2.30. The molecule has 0 radical (unpaired) electrons. The molecule has 0 amide bonds. The maximum atomic E-state index is 13.3. The van der Waals surface area contributed by atoms with Gasteiger partial charge in [-0.1, -0.05) is 29.4 Å². The van der Waals surface area contributed by atoms with Crippen LogP contribution in [0.3, 0.4) is 0 Å². The first-order chi connectivity index (χ1) is 15.6. The zero-order chi connectivity index (χ0) is 22.1. The lowest BCUT2D eigenvalue weighted by atomic mass is 10.1. The first kappa shape index (κ1) is 20.6. The zero-order valence-electron chi connectivity index (χ0n) is 17.2. The van der Waals surface area contributed by atoms with Crippen LogP contribution in [0, 0.1) is 5.82 Å². The second-order valence-corrected chi connectivity index (χ2v) is 8.02. The Kier molecular flexibility index (Phi) is 5.61. The molecule has 6 nitrogen and oxygen atoms in total. The van der Waals surface area contributed by atoms with Crippen LogP contribution in [-0.4, -0.2) is 40.7 Å². The lowest BCUT2D eigenvalue weighted by Crippen LogP contribution is -2.37. The van der Waals surface area contributed by atoms with E-state index in [0.717, 1.165) is 22.1 Å². The second kappa shape index (κ2) is 8.70. The minimum Gasteiger partial charge on any atom is -0.491 e.